The first-order chi connectivity index (χ1) is 9.86. The van der Waals surface area contributed by atoms with Gasteiger partial charge in [-0.15, -0.1) is 0 Å². The lowest BCUT2D eigenvalue weighted by molar-refractivity contribution is 0.133. The molecule has 0 spiro atoms. The predicted molar refractivity (Wildman–Crippen MR) is 89.3 cm³/mol. The van der Waals surface area contributed by atoms with Crippen molar-refractivity contribution in [1.82, 2.24) is 9.80 Å². The summed E-state index contributed by atoms with van der Waals surface area (Å²) in [5, 5.41) is 0. The third kappa shape index (κ3) is 4.72. The summed E-state index contributed by atoms with van der Waals surface area (Å²) < 4.78 is 5.93. The van der Waals surface area contributed by atoms with Gasteiger partial charge in [-0.2, -0.15) is 0 Å². The Balaban J connectivity index is 1.82. The highest BCUT2D eigenvalue weighted by Crippen LogP contribution is 2.28. The molecule has 1 fully saturated rings. The van der Waals surface area contributed by atoms with E-state index < -0.39 is 0 Å². The average molecular weight is 290 g/mol. The van der Waals surface area contributed by atoms with Crippen molar-refractivity contribution in [3.8, 4) is 5.75 Å². The Morgan fingerprint density at radius 3 is 2.33 bits per heavy atom. The molecule has 0 atom stereocenters. The van der Waals surface area contributed by atoms with E-state index >= 15 is 0 Å². The molecule has 0 saturated carbocycles. The summed E-state index contributed by atoms with van der Waals surface area (Å²) in [5.74, 6) is 0.995. The Hall–Kier alpha value is -1.06. The second kappa shape index (κ2) is 6.80. The molecule has 0 bridgehead atoms. The monoisotopic (exact) mass is 290 g/mol. The largest absolute Gasteiger partial charge is 0.492 e. The first-order valence-corrected chi connectivity index (χ1v) is 8.01. The topological polar surface area (TPSA) is 15.7 Å². The van der Waals surface area contributed by atoms with Crippen LogP contribution in [0, 0.1) is 6.92 Å². The van der Waals surface area contributed by atoms with E-state index in [1.54, 1.807) is 0 Å². The SMILES string of the molecule is Cc1cc(OCCN2CCN(C)CC2)ccc1C(C)(C)C. The summed E-state index contributed by atoms with van der Waals surface area (Å²) >= 11 is 0. The summed E-state index contributed by atoms with van der Waals surface area (Å²) in [5.41, 5.74) is 2.91. The van der Waals surface area contributed by atoms with E-state index in [1.165, 1.54) is 24.2 Å². The van der Waals surface area contributed by atoms with Crippen molar-refractivity contribution in [1.29, 1.82) is 0 Å². The molecular formula is C18H30N2O. The third-order valence-corrected chi connectivity index (χ3v) is 4.28. The second-order valence-electron chi connectivity index (χ2n) is 7.22. The van der Waals surface area contributed by atoms with E-state index in [-0.39, 0.29) is 5.41 Å². The number of hydrogen-bond donors (Lipinski definition) is 0. The number of piperazine rings is 1. The molecule has 0 aliphatic carbocycles. The zero-order chi connectivity index (χ0) is 15.5. The number of nitrogens with zero attached hydrogens (tertiary/aromatic N) is 2. The van der Waals surface area contributed by atoms with Crippen molar-refractivity contribution in [3.05, 3.63) is 29.3 Å². The van der Waals surface area contributed by atoms with Crippen LogP contribution in [0.1, 0.15) is 31.9 Å². The second-order valence-corrected chi connectivity index (χ2v) is 7.22. The molecule has 118 valence electrons. The highest BCUT2D eigenvalue weighted by Gasteiger charge is 2.16. The zero-order valence-electron chi connectivity index (χ0n) is 14.3. The molecule has 2 rings (SSSR count). The first kappa shape index (κ1) is 16.3. The van der Waals surface area contributed by atoms with Gasteiger partial charge >= 0.3 is 0 Å². The molecule has 0 N–H and O–H groups in total. The molecule has 1 aromatic rings. The maximum atomic E-state index is 5.93. The zero-order valence-corrected chi connectivity index (χ0v) is 14.3. The van der Waals surface area contributed by atoms with Gasteiger partial charge in [0.25, 0.3) is 0 Å². The van der Waals surface area contributed by atoms with Gasteiger partial charge in [0.2, 0.25) is 0 Å². The van der Waals surface area contributed by atoms with E-state index in [1.807, 2.05) is 0 Å². The molecular weight excluding hydrogens is 260 g/mol. The van der Waals surface area contributed by atoms with Crippen LogP contribution in [0.3, 0.4) is 0 Å². The molecule has 3 heteroatoms. The van der Waals surface area contributed by atoms with Crippen LogP contribution in [-0.4, -0.2) is 56.2 Å². The molecule has 0 aromatic heterocycles. The number of aryl methyl sites for hydroxylation is 1. The van der Waals surface area contributed by atoms with Crippen LogP contribution in [0.2, 0.25) is 0 Å². The molecule has 1 saturated heterocycles. The van der Waals surface area contributed by atoms with Crippen molar-refractivity contribution in [2.75, 3.05) is 46.4 Å². The van der Waals surface area contributed by atoms with Crippen LogP contribution < -0.4 is 4.74 Å². The van der Waals surface area contributed by atoms with Gasteiger partial charge in [-0.1, -0.05) is 26.8 Å². The highest BCUT2D eigenvalue weighted by molar-refractivity contribution is 5.38. The van der Waals surface area contributed by atoms with Crippen LogP contribution in [-0.2, 0) is 5.41 Å². The van der Waals surface area contributed by atoms with E-state index in [9.17, 15) is 0 Å². The fraction of sp³-hybridized carbons (Fsp3) is 0.667. The Labute approximate surface area is 129 Å². The van der Waals surface area contributed by atoms with Crippen LogP contribution in [0.5, 0.6) is 5.75 Å². The maximum Gasteiger partial charge on any atom is 0.119 e. The van der Waals surface area contributed by atoms with Crippen molar-refractivity contribution < 1.29 is 4.74 Å². The summed E-state index contributed by atoms with van der Waals surface area (Å²) in [6, 6.07) is 6.49. The van der Waals surface area contributed by atoms with Crippen molar-refractivity contribution in [2.24, 2.45) is 0 Å². The lowest BCUT2D eigenvalue weighted by Gasteiger charge is -2.32. The minimum absolute atomic E-state index is 0.197. The number of hydrogen-bond acceptors (Lipinski definition) is 3. The molecule has 3 nitrogen and oxygen atoms in total. The van der Waals surface area contributed by atoms with Gasteiger partial charge in [-0.25, -0.2) is 0 Å². The minimum atomic E-state index is 0.197. The van der Waals surface area contributed by atoms with Crippen molar-refractivity contribution in [2.45, 2.75) is 33.1 Å². The average Bonchev–Trinajstić information content (AvgIpc) is 2.40. The maximum absolute atomic E-state index is 5.93. The number of rotatable bonds is 4. The summed E-state index contributed by atoms with van der Waals surface area (Å²) in [4.78, 5) is 4.86. The summed E-state index contributed by atoms with van der Waals surface area (Å²) in [7, 11) is 2.19. The Bertz CT molecular complexity index is 457. The lowest BCUT2D eigenvalue weighted by Crippen LogP contribution is -2.45. The molecule has 0 radical (unpaired) electrons. The van der Waals surface area contributed by atoms with Crippen LogP contribution in [0.15, 0.2) is 18.2 Å². The van der Waals surface area contributed by atoms with Gasteiger partial charge < -0.3 is 9.64 Å². The number of likely N-dealkylation sites (N-methyl/N-ethyl adjacent to an activating group) is 1. The quantitative estimate of drug-likeness (QED) is 0.848. The summed E-state index contributed by atoms with van der Waals surface area (Å²) in [6.07, 6.45) is 0. The van der Waals surface area contributed by atoms with Gasteiger partial charge in [0, 0.05) is 32.7 Å². The Morgan fingerprint density at radius 2 is 1.76 bits per heavy atom. The summed E-state index contributed by atoms with van der Waals surface area (Å²) in [6.45, 7) is 15.4. The molecule has 0 unspecified atom stereocenters. The molecule has 1 aliphatic heterocycles. The van der Waals surface area contributed by atoms with Gasteiger partial charge in [0.05, 0.1) is 0 Å². The third-order valence-electron chi connectivity index (χ3n) is 4.28. The van der Waals surface area contributed by atoms with Crippen molar-refractivity contribution in [3.63, 3.8) is 0 Å². The van der Waals surface area contributed by atoms with Crippen molar-refractivity contribution >= 4 is 0 Å². The number of ether oxygens (including phenoxy) is 1. The molecule has 21 heavy (non-hydrogen) atoms. The van der Waals surface area contributed by atoms with E-state index in [0.29, 0.717) is 0 Å². The Kier molecular flexibility index (Phi) is 5.28. The predicted octanol–water partition coefficient (Wildman–Crippen LogP) is 2.92. The van der Waals surface area contributed by atoms with Gasteiger partial charge in [0.1, 0.15) is 12.4 Å². The smallest absolute Gasteiger partial charge is 0.119 e. The van der Waals surface area contributed by atoms with Crippen LogP contribution in [0.25, 0.3) is 0 Å². The molecule has 1 heterocycles. The normalized spacial score (nSPS) is 18.0. The van der Waals surface area contributed by atoms with Gasteiger partial charge in [-0.3, -0.25) is 4.90 Å². The van der Waals surface area contributed by atoms with E-state index in [0.717, 1.165) is 32.0 Å². The highest BCUT2D eigenvalue weighted by atomic mass is 16.5. The van der Waals surface area contributed by atoms with Gasteiger partial charge in [0.15, 0.2) is 0 Å². The van der Waals surface area contributed by atoms with Crippen LogP contribution >= 0.6 is 0 Å². The fourth-order valence-corrected chi connectivity index (χ4v) is 2.93. The molecule has 1 aliphatic rings. The lowest BCUT2D eigenvalue weighted by atomic mass is 9.84. The minimum Gasteiger partial charge on any atom is -0.492 e. The molecule has 0 amide bonds. The van der Waals surface area contributed by atoms with E-state index in [2.05, 4.69) is 62.7 Å². The van der Waals surface area contributed by atoms with E-state index in [4.69, 9.17) is 4.74 Å². The number of benzene rings is 1. The molecule has 1 aromatic carbocycles. The first-order valence-electron chi connectivity index (χ1n) is 8.01. The van der Waals surface area contributed by atoms with Gasteiger partial charge in [-0.05, 0) is 42.6 Å². The fourth-order valence-electron chi connectivity index (χ4n) is 2.93. The Morgan fingerprint density at radius 1 is 1.10 bits per heavy atom. The standard InChI is InChI=1S/C18H30N2O/c1-15-14-16(6-7-17(15)18(2,3)4)21-13-12-20-10-8-19(5)9-11-20/h6-7,14H,8-13H2,1-5H3. The van der Waals surface area contributed by atoms with Crippen LogP contribution in [0.4, 0.5) is 0 Å².